The van der Waals surface area contributed by atoms with Crippen molar-refractivity contribution in [3.8, 4) is 11.5 Å². The maximum absolute atomic E-state index is 12.8. The maximum Gasteiger partial charge on any atom is 0.265 e. The van der Waals surface area contributed by atoms with Crippen LogP contribution in [-0.2, 0) is 16.1 Å². The molecule has 7 heteroatoms. The molecule has 4 rings (SSSR count). The van der Waals surface area contributed by atoms with Gasteiger partial charge in [-0.1, -0.05) is 42.5 Å². The van der Waals surface area contributed by atoms with E-state index in [1.165, 1.54) is 4.90 Å². The van der Waals surface area contributed by atoms with Crippen LogP contribution >= 0.6 is 0 Å². The molecule has 0 atom stereocenters. The number of aryl methyl sites for hydroxylation is 2. The summed E-state index contributed by atoms with van der Waals surface area (Å²) < 4.78 is 11.2. The van der Waals surface area contributed by atoms with Gasteiger partial charge in [-0.15, -0.1) is 0 Å². The number of nitrogens with one attached hydrogen (secondary N) is 1. The Bertz CT molecular complexity index is 1220. The van der Waals surface area contributed by atoms with Gasteiger partial charge in [0.1, 0.15) is 18.0 Å². The number of rotatable bonds is 8. The second kappa shape index (κ2) is 10.2. The van der Waals surface area contributed by atoms with E-state index in [0.717, 1.165) is 16.7 Å². The molecule has 0 fully saturated rings. The largest absolute Gasteiger partial charge is 0.485 e. The molecule has 0 unspecified atom stereocenters. The van der Waals surface area contributed by atoms with Gasteiger partial charge in [0, 0.05) is 12.1 Å². The summed E-state index contributed by atoms with van der Waals surface area (Å²) in [5.74, 6) is 0.206. The first-order valence-corrected chi connectivity index (χ1v) is 11.0. The number of amides is 2. The molecule has 174 valence electrons. The molecule has 0 bridgehead atoms. The lowest BCUT2D eigenvalue weighted by atomic mass is 10.1. The molecule has 0 spiro atoms. The van der Waals surface area contributed by atoms with Crippen molar-refractivity contribution in [2.45, 2.75) is 20.4 Å². The van der Waals surface area contributed by atoms with Gasteiger partial charge in [-0.25, -0.2) is 0 Å². The van der Waals surface area contributed by atoms with E-state index in [1.807, 2.05) is 62.4 Å². The molecule has 3 aromatic carbocycles. The van der Waals surface area contributed by atoms with Crippen molar-refractivity contribution in [1.29, 1.82) is 0 Å². The molecule has 0 radical (unpaired) electrons. The van der Waals surface area contributed by atoms with E-state index in [0.29, 0.717) is 29.3 Å². The monoisotopic (exact) mass is 458 g/mol. The van der Waals surface area contributed by atoms with Gasteiger partial charge in [0.2, 0.25) is 5.91 Å². The molecule has 7 nitrogen and oxygen atoms in total. The Morgan fingerprint density at radius 3 is 2.62 bits per heavy atom. The number of hydrogen-bond acceptors (Lipinski definition) is 5. The van der Waals surface area contributed by atoms with Gasteiger partial charge in [-0.2, -0.15) is 0 Å². The summed E-state index contributed by atoms with van der Waals surface area (Å²) in [5, 5.41) is 2.82. The van der Waals surface area contributed by atoms with Crippen molar-refractivity contribution in [3.05, 3.63) is 89.0 Å². The molecule has 0 aromatic heterocycles. The second-order valence-corrected chi connectivity index (χ2v) is 8.19. The normalized spacial score (nSPS) is 12.5. The van der Waals surface area contributed by atoms with Crippen LogP contribution in [0.2, 0.25) is 0 Å². The minimum absolute atomic E-state index is 0.143. The molecular formula is C27H26N2O5. The van der Waals surface area contributed by atoms with Crippen LogP contribution in [0, 0.1) is 13.8 Å². The van der Waals surface area contributed by atoms with Gasteiger partial charge in [0.05, 0.1) is 5.69 Å². The minimum Gasteiger partial charge on any atom is -0.485 e. The van der Waals surface area contributed by atoms with Crippen LogP contribution in [0.4, 0.5) is 5.69 Å². The molecular weight excluding hydrogens is 432 g/mol. The Balaban J connectivity index is 1.45. The quantitative estimate of drug-likeness (QED) is 0.522. The molecule has 2 amide bonds. The van der Waals surface area contributed by atoms with E-state index in [-0.39, 0.29) is 37.4 Å². The first kappa shape index (κ1) is 23.0. The van der Waals surface area contributed by atoms with Crippen molar-refractivity contribution >= 4 is 23.3 Å². The van der Waals surface area contributed by atoms with Gasteiger partial charge >= 0.3 is 0 Å². The van der Waals surface area contributed by atoms with Gasteiger partial charge in [-0.05, 0) is 54.8 Å². The molecule has 1 aliphatic rings. The lowest BCUT2D eigenvalue weighted by molar-refractivity contribution is -0.125. The highest BCUT2D eigenvalue weighted by atomic mass is 16.5. The van der Waals surface area contributed by atoms with E-state index in [1.54, 1.807) is 18.2 Å². The van der Waals surface area contributed by atoms with E-state index in [2.05, 4.69) is 5.32 Å². The molecule has 1 N–H and O–H groups in total. The molecule has 0 saturated carbocycles. The number of anilines is 1. The van der Waals surface area contributed by atoms with E-state index in [4.69, 9.17) is 9.47 Å². The summed E-state index contributed by atoms with van der Waals surface area (Å²) >= 11 is 0. The summed E-state index contributed by atoms with van der Waals surface area (Å²) in [5.41, 5.74) is 3.70. The van der Waals surface area contributed by atoms with E-state index in [9.17, 15) is 14.4 Å². The number of ketones is 1. The Morgan fingerprint density at radius 1 is 1.03 bits per heavy atom. The molecule has 1 aliphatic heterocycles. The van der Waals surface area contributed by atoms with Gasteiger partial charge < -0.3 is 14.8 Å². The van der Waals surface area contributed by atoms with Gasteiger partial charge in [0.15, 0.2) is 19.0 Å². The first-order chi connectivity index (χ1) is 16.4. The third kappa shape index (κ3) is 5.43. The Morgan fingerprint density at radius 2 is 1.82 bits per heavy atom. The topological polar surface area (TPSA) is 84.9 Å². The second-order valence-electron chi connectivity index (χ2n) is 8.19. The smallest absolute Gasteiger partial charge is 0.265 e. The summed E-state index contributed by atoms with van der Waals surface area (Å²) in [6.07, 6.45) is 0. The summed E-state index contributed by atoms with van der Waals surface area (Å²) in [6.45, 7) is 3.76. The number of Topliss-reactive ketones (excluding diaryl/α,β-unsaturated/α-hetero) is 1. The van der Waals surface area contributed by atoms with Crippen molar-refractivity contribution in [3.63, 3.8) is 0 Å². The summed E-state index contributed by atoms with van der Waals surface area (Å²) in [4.78, 5) is 39.3. The highest BCUT2D eigenvalue weighted by Gasteiger charge is 2.28. The molecule has 0 aliphatic carbocycles. The zero-order valence-corrected chi connectivity index (χ0v) is 19.2. The van der Waals surface area contributed by atoms with Crippen molar-refractivity contribution < 1.29 is 23.9 Å². The van der Waals surface area contributed by atoms with Gasteiger partial charge in [-0.3, -0.25) is 19.3 Å². The fraction of sp³-hybridized carbons (Fsp3) is 0.222. The summed E-state index contributed by atoms with van der Waals surface area (Å²) in [6, 6.07) is 20.2. The minimum atomic E-state index is -0.349. The van der Waals surface area contributed by atoms with E-state index >= 15 is 0 Å². The fourth-order valence-corrected chi connectivity index (χ4v) is 3.63. The number of carbonyl (C=O) groups is 3. The third-order valence-corrected chi connectivity index (χ3v) is 5.56. The zero-order chi connectivity index (χ0) is 24.1. The Hall–Kier alpha value is -4.13. The highest BCUT2D eigenvalue weighted by Crippen LogP contribution is 2.33. The van der Waals surface area contributed by atoms with Crippen LogP contribution < -0.4 is 19.7 Å². The number of nitrogens with zero attached hydrogens (tertiary/aromatic N) is 1. The first-order valence-electron chi connectivity index (χ1n) is 11.0. The Kier molecular flexibility index (Phi) is 6.92. The number of hydrogen-bond donors (Lipinski definition) is 1. The predicted molar refractivity (Wildman–Crippen MR) is 128 cm³/mol. The van der Waals surface area contributed by atoms with Crippen LogP contribution in [0.3, 0.4) is 0 Å². The molecule has 34 heavy (non-hydrogen) atoms. The molecule has 0 saturated heterocycles. The van der Waals surface area contributed by atoms with Crippen LogP contribution in [0.15, 0.2) is 66.7 Å². The van der Waals surface area contributed by atoms with Crippen molar-refractivity contribution in [1.82, 2.24) is 5.32 Å². The SMILES string of the molecule is Cc1ccc(C)c(OCC(=O)c2ccc3c(c2)N(CC(=O)NCc2ccccc2)C(=O)CO3)c1. The Labute approximate surface area is 198 Å². The number of ether oxygens (including phenoxy) is 2. The highest BCUT2D eigenvalue weighted by molar-refractivity contribution is 6.04. The number of fused-ring (bicyclic) bond motifs is 1. The predicted octanol–water partition coefficient (Wildman–Crippen LogP) is 3.61. The van der Waals surface area contributed by atoms with Crippen molar-refractivity contribution in [2.24, 2.45) is 0 Å². The van der Waals surface area contributed by atoms with Crippen LogP contribution in [0.25, 0.3) is 0 Å². The number of benzene rings is 3. The number of carbonyl (C=O) groups excluding carboxylic acids is 3. The van der Waals surface area contributed by atoms with E-state index < -0.39 is 0 Å². The van der Waals surface area contributed by atoms with Crippen LogP contribution in [-0.4, -0.2) is 37.4 Å². The van der Waals surface area contributed by atoms with Crippen molar-refractivity contribution in [2.75, 3.05) is 24.7 Å². The van der Waals surface area contributed by atoms with Crippen LogP contribution in [0.1, 0.15) is 27.0 Å². The standard InChI is InChI=1S/C27H26N2O5/c1-18-8-9-19(2)25(12-18)33-16-23(30)21-10-11-24-22(13-21)29(27(32)17-34-24)15-26(31)28-14-20-6-4-3-5-7-20/h3-13H,14-17H2,1-2H3,(H,28,31). The molecule has 3 aromatic rings. The van der Waals surface area contributed by atoms with Crippen LogP contribution in [0.5, 0.6) is 11.5 Å². The average molecular weight is 459 g/mol. The lowest BCUT2D eigenvalue weighted by Crippen LogP contribution is -2.45. The zero-order valence-electron chi connectivity index (χ0n) is 19.2. The summed E-state index contributed by atoms with van der Waals surface area (Å²) in [7, 11) is 0. The fourth-order valence-electron chi connectivity index (χ4n) is 3.63. The maximum atomic E-state index is 12.8. The third-order valence-electron chi connectivity index (χ3n) is 5.56. The average Bonchev–Trinajstić information content (AvgIpc) is 2.85. The lowest BCUT2D eigenvalue weighted by Gasteiger charge is -2.29. The molecule has 1 heterocycles. The van der Waals surface area contributed by atoms with Gasteiger partial charge in [0.25, 0.3) is 5.91 Å².